The molecule has 0 amide bonds. The van der Waals surface area contributed by atoms with E-state index in [0.29, 0.717) is 18.4 Å². The zero-order chi connectivity index (χ0) is 10.8. The Balaban J connectivity index is 2.22. The fourth-order valence-electron chi connectivity index (χ4n) is 2.81. The number of carbonyl (C=O) groups is 1. The molecule has 0 aromatic carbocycles. The van der Waals surface area contributed by atoms with Crippen LogP contribution in [0, 0.1) is 23.2 Å². The van der Waals surface area contributed by atoms with Crippen molar-refractivity contribution in [3.63, 3.8) is 0 Å². The summed E-state index contributed by atoms with van der Waals surface area (Å²) >= 11 is 0. The summed E-state index contributed by atoms with van der Waals surface area (Å²) in [6, 6.07) is 2.02. The number of nitriles is 1. The molecule has 2 bridgehead atoms. The normalized spacial score (nSPS) is 31.2. The van der Waals surface area contributed by atoms with Gasteiger partial charge in [0.2, 0.25) is 0 Å². The van der Waals surface area contributed by atoms with E-state index < -0.39 is 5.97 Å². The molecule has 0 heterocycles. The van der Waals surface area contributed by atoms with Crippen LogP contribution in [0.15, 0.2) is 11.1 Å². The van der Waals surface area contributed by atoms with E-state index in [1.54, 1.807) is 6.92 Å². The van der Waals surface area contributed by atoms with E-state index >= 15 is 0 Å². The monoisotopic (exact) mass is 205 g/mol. The van der Waals surface area contributed by atoms with Gasteiger partial charge in [0.1, 0.15) is 11.6 Å². The SMILES string of the molecule is CCOC(=O)C(C#N)=C1CC2CCC1C2. The molecule has 2 unspecified atom stereocenters. The van der Waals surface area contributed by atoms with E-state index in [0.717, 1.165) is 18.4 Å². The summed E-state index contributed by atoms with van der Waals surface area (Å²) in [6.45, 7) is 2.10. The number of nitrogens with zero attached hydrogens (tertiary/aromatic N) is 1. The van der Waals surface area contributed by atoms with Gasteiger partial charge in [-0.25, -0.2) is 4.79 Å². The van der Waals surface area contributed by atoms with E-state index in [-0.39, 0.29) is 5.57 Å². The van der Waals surface area contributed by atoms with Crippen molar-refractivity contribution in [2.24, 2.45) is 11.8 Å². The molecule has 3 heteroatoms. The van der Waals surface area contributed by atoms with Crippen molar-refractivity contribution in [1.29, 1.82) is 5.26 Å². The summed E-state index contributed by atoms with van der Waals surface area (Å²) in [5, 5.41) is 9.00. The summed E-state index contributed by atoms with van der Waals surface area (Å²) in [6.07, 6.45) is 4.51. The maximum atomic E-state index is 11.5. The summed E-state index contributed by atoms with van der Waals surface area (Å²) < 4.78 is 4.90. The number of hydrogen-bond donors (Lipinski definition) is 0. The predicted molar refractivity (Wildman–Crippen MR) is 54.7 cm³/mol. The van der Waals surface area contributed by atoms with Crippen LogP contribution in [0.25, 0.3) is 0 Å². The molecule has 3 nitrogen and oxygen atoms in total. The first kappa shape index (κ1) is 10.2. The molecule has 0 saturated heterocycles. The molecule has 2 fully saturated rings. The van der Waals surface area contributed by atoms with Crippen molar-refractivity contribution in [3.05, 3.63) is 11.1 Å². The molecule has 2 rings (SSSR count). The lowest BCUT2D eigenvalue weighted by atomic mass is 9.91. The van der Waals surface area contributed by atoms with Crippen molar-refractivity contribution in [2.75, 3.05) is 6.61 Å². The van der Waals surface area contributed by atoms with E-state index in [1.165, 1.54) is 12.8 Å². The molecule has 0 radical (unpaired) electrons. The van der Waals surface area contributed by atoms with Crippen LogP contribution in [0.3, 0.4) is 0 Å². The largest absolute Gasteiger partial charge is 0.462 e. The molecule has 2 aliphatic carbocycles. The van der Waals surface area contributed by atoms with Gasteiger partial charge in [-0.15, -0.1) is 0 Å². The third-order valence-corrected chi connectivity index (χ3v) is 3.46. The fourth-order valence-corrected chi connectivity index (χ4v) is 2.81. The zero-order valence-electron chi connectivity index (χ0n) is 8.95. The first-order chi connectivity index (χ1) is 7.26. The first-order valence-electron chi connectivity index (χ1n) is 5.56. The Hall–Kier alpha value is -1.30. The average Bonchev–Trinajstić information content (AvgIpc) is 2.81. The molecule has 0 aromatic heterocycles. The molecule has 2 saturated carbocycles. The molecule has 0 aromatic rings. The minimum Gasteiger partial charge on any atom is -0.462 e. The average molecular weight is 205 g/mol. The van der Waals surface area contributed by atoms with Gasteiger partial charge in [0.05, 0.1) is 6.61 Å². The molecular weight excluding hydrogens is 190 g/mol. The zero-order valence-corrected chi connectivity index (χ0v) is 8.95. The van der Waals surface area contributed by atoms with Gasteiger partial charge in [-0.2, -0.15) is 5.26 Å². The van der Waals surface area contributed by atoms with Crippen LogP contribution < -0.4 is 0 Å². The highest BCUT2D eigenvalue weighted by molar-refractivity contribution is 5.93. The molecule has 80 valence electrons. The number of rotatable bonds is 2. The van der Waals surface area contributed by atoms with Crippen molar-refractivity contribution in [2.45, 2.75) is 32.6 Å². The summed E-state index contributed by atoms with van der Waals surface area (Å²) in [7, 11) is 0. The van der Waals surface area contributed by atoms with Gasteiger partial charge in [0.15, 0.2) is 0 Å². The lowest BCUT2D eigenvalue weighted by molar-refractivity contribution is -0.138. The van der Waals surface area contributed by atoms with Gasteiger partial charge >= 0.3 is 5.97 Å². The van der Waals surface area contributed by atoms with Crippen LogP contribution in [0.5, 0.6) is 0 Å². The summed E-state index contributed by atoms with van der Waals surface area (Å²) in [4.78, 5) is 11.5. The quantitative estimate of drug-likeness (QED) is 0.394. The lowest BCUT2D eigenvalue weighted by Gasteiger charge is -2.14. The van der Waals surface area contributed by atoms with Gasteiger partial charge in [-0.3, -0.25) is 0 Å². The van der Waals surface area contributed by atoms with E-state index in [1.807, 2.05) is 6.07 Å². The minimum absolute atomic E-state index is 0.282. The highest BCUT2D eigenvalue weighted by Gasteiger charge is 2.38. The van der Waals surface area contributed by atoms with Crippen LogP contribution in [0.4, 0.5) is 0 Å². The Labute approximate surface area is 89.7 Å². The molecule has 15 heavy (non-hydrogen) atoms. The second-order valence-electron chi connectivity index (χ2n) is 4.31. The van der Waals surface area contributed by atoms with Gasteiger partial charge < -0.3 is 4.74 Å². The van der Waals surface area contributed by atoms with Crippen molar-refractivity contribution >= 4 is 5.97 Å². The van der Waals surface area contributed by atoms with Crippen molar-refractivity contribution in [1.82, 2.24) is 0 Å². The smallest absolute Gasteiger partial charge is 0.348 e. The predicted octanol–water partition coefficient (Wildman–Crippen LogP) is 2.19. The molecule has 0 spiro atoms. The first-order valence-corrected chi connectivity index (χ1v) is 5.56. The van der Waals surface area contributed by atoms with Crippen LogP contribution >= 0.6 is 0 Å². The molecular formula is C12H15NO2. The number of fused-ring (bicyclic) bond motifs is 2. The van der Waals surface area contributed by atoms with Gasteiger partial charge in [0.25, 0.3) is 0 Å². The van der Waals surface area contributed by atoms with E-state index in [2.05, 4.69) is 0 Å². The second-order valence-corrected chi connectivity index (χ2v) is 4.31. The number of hydrogen-bond acceptors (Lipinski definition) is 3. The Morgan fingerprint density at radius 3 is 2.87 bits per heavy atom. The third kappa shape index (κ3) is 1.77. The standard InChI is InChI=1S/C12H15NO2/c1-2-15-12(14)11(7-13)10-6-8-3-4-9(10)5-8/h8-9H,2-6H2,1H3. The Morgan fingerprint density at radius 1 is 1.60 bits per heavy atom. The van der Waals surface area contributed by atoms with Crippen LogP contribution in [0.1, 0.15) is 32.6 Å². The van der Waals surface area contributed by atoms with Crippen LogP contribution in [-0.4, -0.2) is 12.6 Å². The Kier molecular flexibility index (Phi) is 2.77. The maximum Gasteiger partial charge on any atom is 0.348 e. The number of carbonyl (C=O) groups excluding carboxylic acids is 1. The number of ether oxygens (including phenoxy) is 1. The van der Waals surface area contributed by atoms with E-state index in [9.17, 15) is 4.79 Å². The highest BCUT2D eigenvalue weighted by Crippen LogP contribution is 2.49. The maximum absolute atomic E-state index is 11.5. The molecule has 2 atom stereocenters. The van der Waals surface area contributed by atoms with Crippen molar-refractivity contribution in [3.8, 4) is 6.07 Å². The lowest BCUT2D eigenvalue weighted by Crippen LogP contribution is -2.12. The topological polar surface area (TPSA) is 50.1 Å². The minimum atomic E-state index is -0.428. The number of esters is 1. The third-order valence-electron chi connectivity index (χ3n) is 3.46. The Bertz CT molecular complexity index is 351. The summed E-state index contributed by atoms with van der Waals surface area (Å²) in [5.74, 6) is 0.763. The van der Waals surface area contributed by atoms with Gasteiger partial charge in [0, 0.05) is 0 Å². The molecule has 2 aliphatic rings. The highest BCUT2D eigenvalue weighted by atomic mass is 16.5. The van der Waals surface area contributed by atoms with Crippen LogP contribution in [0.2, 0.25) is 0 Å². The molecule has 0 aliphatic heterocycles. The second kappa shape index (κ2) is 4.06. The summed E-state index contributed by atoms with van der Waals surface area (Å²) in [5.41, 5.74) is 1.34. The van der Waals surface area contributed by atoms with Crippen LogP contribution in [-0.2, 0) is 9.53 Å². The van der Waals surface area contributed by atoms with E-state index in [4.69, 9.17) is 10.00 Å². The van der Waals surface area contributed by atoms with Gasteiger partial charge in [-0.1, -0.05) is 0 Å². The van der Waals surface area contributed by atoms with Gasteiger partial charge in [-0.05, 0) is 50.0 Å². The Morgan fingerprint density at radius 2 is 2.40 bits per heavy atom. The fraction of sp³-hybridized carbons (Fsp3) is 0.667. The number of allylic oxidation sites excluding steroid dienone is 1. The molecule has 0 N–H and O–H groups in total. The van der Waals surface area contributed by atoms with Crippen molar-refractivity contribution < 1.29 is 9.53 Å².